The number of nitrogens with one attached hydrogen (secondary N) is 1. The van der Waals surface area contributed by atoms with Crippen LogP contribution in [0.5, 0.6) is 0 Å². The summed E-state index contributed by atoms with van der Waals surface area (Å²) in [6.07, 6.45) is 3.31. The molecule has 0 unspecified atom stereocenters. The van der Waals surface area contributed by atoms with Gasteiger partial charge in [-0.3, -0.25) is 5.32 Å². The first-order chi connectivity index (χ1) is 9.52. The van der Waals surface area contributed by atoms with E-state index in [9.17, 15) is 0 Å². The third kappa shape index (κ3) is 2.69. The number of anilines is 3. The normalized spacial score (nSPS) is 9.95. The van der Waals surface area contributed by atoms with E-state index >= 15 is 0 Å². The van der Waals surface area contributed by atoms with Crippen LogP contribution < -0.4 is 10.2 Å². The van der Waals surface area contributed by atoms with Gasteiger partial charge in [0, 0.05) is 18.8 Å². The molecule has 20 heavy (non-hydrogen) atoms. The zero-order valence-corrected chi connectivity index (χ0v) is 12.1. The molecule has 5 nitrogen and oxygen atoms in total. The molecule has 0 saturated carbocycles. The van der Waals surface area contributed by atoms with Gasteiger partial charge in [0.2, 0.25) is 0 Å². The van der Waals surface area contributed by atoms with E-state index < -0.39 is 0 Å². The molecule has 0 amide bonds. The molecule has 0 aliphatic carbocycles. The molecule has 1 aromatic carbocycles. The summed E-state index contributed by atoms with van der Waals surface area (Å²) in [6.45, 7) is 6.27. The molecule has 1 aromatic heterocycles. The van der Waals surface area contributed by atoms with Crippen LogP contribution in [0.1, 0.15) is 16.7 Å². The fourth-order valence-corrected chi connectivity index (χ4v) is 2.09. The van der Waals surface area contributed by atoms with Crippen molar-refractivity contribution in [3.8, 4) is 6.19 Å². The van der Waals surface area contributed by atoms with E-state index in [1.165, 1.54) is 23.0 Å². The second-order valence-electron chi connectivity index (χ2n) is 4.78. The zero-order chi connectivity index (χ0) is 14.7. The van der Waals surface area contributed by atoms with Crippen molar-refractivity contribution in [3.05, 3.63) is 41.2 Å². The second-order valence-corrected chi connectivity index (χ2v) is 4.78. The summed E-state index contributed by atoms with van der Waals surface area (Å²) in [4.78, 5) is 10.2. The van der Waals surface area contributed by atoms with Gasteiger partial charge in [0.1, 0.15) is 18.0 Å². The van der Waals surface area contributed by atoms with E-state index in [2.05, 4.69) is 48.2 Å². The molecule has 5 heteroatoms. The van der Waals surface area contributed by atoms with Crippen LogP contribution in [0.25, 0.3) is 0 Å². The standard InChI is InChI=1S/C15H17N5/c1-10-5-12(3)13(6-11(10)2)20(4)15-7-14(17-8-16)18-9-19-15/h5-7,9H,1-4H3,(H,17,18,19). The average molecular weight is 267 g/mol. The van der Waals surface area contributed by atoms with Crippen LogP contribution in [0, 0.1) is 32.2 Å². The van der Waals surface area contributed by atoms with E-state index in [1.807, 2.05) is 18.1 Å². The first kappa shape index (κ1) is 13.8. The summed E-state index contributed by atoms with van der Waals surface area (Å²) in [5, 5.41) is 11.2. The molecule has 0 radical (unpaired) electrons. The molecule has 102 valence electrons. The van der Waals surface area contributed by atoms with Crippen molar-refractivity contribution in [1.82, 2.24) is 9.97 Å². The molecular formula is C15H17N5. The number of benzene rings is 1. The van der Waals surface area contributed by atoms with Gasteiger partial charge < -0.3 is 4.90 Å². The molecule has 0 spiro atoms. The van der Waals surface area contributed by atoms with Gasteiger partial charge in [-0.05, 0) is 43.5 Å². The number of nitrogens with zero attached hydrogens (tertiary/aromatic N) is 4. The second kappa shape index (κ2) is 5.57. The number of aromatic nitrogens is 2. The van der Waals surface area contributed by atoms with Crippen molar-refractivity contribution in [1.29, 1.82) is 5.26 Å². The molecule has 2 aromatic rings. The SMILES string of the molecule is Cc1cc(C)c(N(C)c2cc(NC#N)ncn2)cc1C. The van der Waals surface area contributed by atoms with E-state index in [0.717, 1.165) is 11.5 Å². The number of aryl methyl sites for hydroxylation is 3. The Morgan fingerprint density at radius 2 is 1.75 bits per heavy atom. The summed E-state index contributed by atoms with van der Waals surface area (Å²) < 4.78 is 0. The van der Waals surface area contributed by atoms with Gasteiger partial charge in [0.05, 0.1) is 0 Å². The highest BCUT2D eigenvalue weighted by Gasteiger charge is 2.10. The lowest BCUT2D eigenvalue weighted by Crippen LogP contribution is -2.13. The van der Waals surface area contributed by atoms with Gasteiger partial charge >= 0.3 is 0 Å². The smallest absolute Gasteiger partial charge is 0.182 e. The Morgan fingerprint density at radius 1 is 1.05 bits per heavy atom. The van der Waals surface area contributed by atoms with Crippen molar-refractivity contribution in [2.75, 3.05) is 17.3 Å². The molecular weight excluding hydrogens is 250 g/mol. The quantitative estimate of drug-likeness (QED) is 0.684. The van der Waals surface area contributed by atoms with Crippen LogP contribution >= 0.6 is 0 Å². The van der Waals surface area contributed by atoms with Crippen LogP contribution in [0.15, 0.2) is 24.5 Å². The Labute approximate surface area is 118 Å². The van der Waals surface area contributed by atoms with E-state index in [4.69, 9.17) is 5.26 Å². The zero-order valence-electron chi connectivity index (χ0n) is 12.1. The highest BCUT2D eigenvalue weighted by Crippen LogP contribution is 2.28. The van der Waals surface area contributed by atoms with E-state index in [-0.39, 0.29) is 0 Å². The van der Waals surface area contributed by atoms with Crippen LogP contribution in [-0.4, -0.2) is 17.0 Å². The lowest BCUT2D eigenvalue weighted by Gasteiger charge is -2.22. The van der Waals surface area contributed by atoms with Crippen molar-refractivity contribution in [3.63, 3.8) is 0 Å². The van der Waals surface area contributed by atoms with Crippen molar-refractivity contribution < 1.29 is 0 Å². The van der Waals surface area contributed by atoms with Crippen LogP contribution in [0.3, 0.4) is 0 Å². The minimum Gasteiger partial charge on any atom is -0.329 e. The lowest BCUT2D eigenvalue weighted by atomic mass is 10.0. The van der Waals surface area contributed by atoms with Gasteiger partial charge in [-0.2, -0.15) is 5.26 Å². The summed E-state index contributed by atoms with van der Waals surface area (Å²) in [5.41, 5.74) is 4.79. The van der Waals surface area contributed by atoms with E-state index in [0.29, 0.717) is 5.82 Å². The van der Waals surface area contributed by atoms with Crippen LogP contribution in [-0.2, 0) is 0 Å². The maximum Gasteiger partial charge on any atom is 0.182 e. The maximum atomic E-state index is 8.64. The number of hydrogen-bond acceptors (Lipinski definition) is 5. The number of rotatable bonds is 3. The topological polar surface area (TPSA) is 64.8 Å². The van der Waals surface area contributed by atoms with Gasteiger partial charge in [-0.15, -0.1) is 0 Å². The fourth-order valence-electron chi connectivity index (χ4n) is 2.09. The summed E-state index contributed by atoms with van der Waals surface area (Å²) in [7, 11) is 1.95. The highest BCUT2D eigenvalue weighted by atomic mass is 15.2. The molecule has 1 N–H and O–H groups in total. The summed E-state index contributed by atoms with van der Waals surface area (Å²) >= 11 is 0. The molecule has 0 saturated heterocycles. The largest absolute Gasteiger partial charge is 0.329 e. The van der Waals surface area contributed by atoms with Crippen molar-refractivity contribution >= 4 is 17.3 Å². The predicted octanol–water partition coefficient (Wildman–Crippen LogP) is 3.06. The monoisotopic (exact) mass is 267 g/mol. The fraction of sp³-hybridized carbons (Fsp3) is 0.267. The third-order valence-corrected chi connectivity index (χ3v) is 3.35. The Hall–Kier alpha value is -2.61. The molecule has 2 rings (SSSR count). The molecule has 1 heterocycles. The van der Waals surface area contributed by atoms with Crippen molar-refractivity contribution in [2.24, 2.45) is 0 Å². The lowest BCUT2D eigenvalue weighted by molar-refractivity contribution is 1.07. The minimum absolute atomic E-state index is 0.492. The first-order valence-corrected chi connectivity index (χ1v) is 6.31. The molecule has 0 aliphatic rings. The number of nitriles is 1. The third-order valence-electron chi connectivity index (χ3n) is 3.35. The Morgan fingerprint density at radius 3 is 2.45 bits per heavy atom. The molecule has 0 atom stereocenters. The highest BCUT2D eigenvalue weighted by molar-refractivity contribution is 5.66. The Balaban J connectivity index is 2.41. The van der Waals surface area contributed by atoms with Gasteiger partial charge in [0.25, 0.3) is 0 Å². The van der Waals surface area contributed by atoms with E-state index in [1.54, 1.807) is 6.07 Å². The Kier molecular flexibility index (Phi) is 3.85. The summed E-state index contributed by atoms with van der Waals surface area (Å²) in [6, 6.07) is 6.05. The van der Waals surface area contributed by atoms with Gasteiger partial charge in [0.15, 0.2) is 6.19 Å². The summed E-state index contributed by atoms with van der Waals surface area (Å²) in [5.74, 6) is 1.23. The molecule has 0 aliphatic heterocycles. The molecule has 0 bridgehead atoms. The van der Waals surface area contributed by atoms with Crippen LogP contribution in [0.4, 0.5) is 17.3 Å². The molecule has 0 fully saturated rings. The number of hydrogen-bond donors (Lipinski definition) is 1. The van der Waals surface area contributed by atoms with Gasteiger partial charge in [-0.1, -0.05) is 6.07 Å². The predicted molar refractivity (Wildman–Crippen MR) is 80.0 cm³/mol. The van der Waals surface area contributed by atoms with Crippen LogP contribution in [0.2, 0.25) is 0 Å². The Bertz CT molecular complexity index is 672. The van der Waals surface area contributed by atoms with Gasteiger partial charge in [-0.25, -0.2) is 9.97 Å². The minimum atomic E-state index is 0.492. The first-order valence-electron chi connectivity index (χ1n) is 6.31. The average Bonchev–Trinajstić information content (AvgIpc) is 2.43. The maximum absolute atomic E-state index is 8.64. The van der Waals surface area contributed by atoms with Crippen molar-refractivity contribution in [2.45, 2.75) is 20.8 Å².